The van der Waals surface area contributed by atoms with E-state index in [-0.39, 0.29) is 17.4 Å². The molecule has 0 saturated carbocycles. The number of nitrogens with two attached hydrogens (primary N) is 3. The third kappa shape index (κ3) is 2.47. The highest BCUT2D eigenvalue weighted by Crippen LogP contribution is 1.95. The van der Waals surface area contributed by atoms with E-state index in [0.29, 0.717) is 0 Å². The van der Waals surface area contributed by atoms with E-state index in [1.807, 2.05) is 0 Å². The smallest absolute Gasteiger partial charge is 0.168 e. The van der Waals surface area contributed by atoms with Crippen molar-refractivity contribution in [3.8, 4) is 0 Å². The first-order valence-electron chi connectivity index (χ1n) is 3.05. The molecule has 0 heterocycles. The number of hydrogen-bond acceptors (Lipinski definition) is 3. The van der Waals surface area contributed by atoms with Gasteiger partial charge in [-0.2, -0.15) is 0 Å². The predicted octanol–water partition coefficient (Wildman–Crippen LogP) is -0.859. The summed E-state index contributed by atoms with van der Waals surface area (Å²) in [7, 11) is 0. The predicted molar refractivity (Wildman–Crippen MR) is 45.9 cm³/mol. The molecule has 0 saturated heterocycles. The molecule has 0 radical (unpaired) electrons. The van der Waals surface area contributed by atoms with E-state index < -0.39 is 0 Å². The van der Waals surface area contributed by atoms with Crippen LogP contribution in [0.5, 0.6) is 0 Å². The van der Waals surface area contributed by atoms with Crippen molar-refractivity contribution in [2.45, 2.75) is 26.2 Å². The quantitative estimate of drug-likeness (QED) is 0.364. The van der Waals surface area contributed by atoms with Crippen LogP contribution in [0.15, 0.2) is 0 Å². The first kappa shape index (κ1) is 9.61. The zero-order chi connectivity index (χ0) is 8.31. The van der Waals surface area contributed by atoms with Gasteiger partial charge in [0.15, 0.2) is 5.11 Å². The van der Waals surface area contributed by atoms with E-state index in [0.717, 1.165) is 0 Å². The summed E-state index contributed by atoms with van der Waals surface area (Å²) in [6.07, 6.45) is -0.449. The van der Waals surface area contributed by atoms with E-state index in [1.54, 1.807) is 18.7 Å². The molecule has 0 aliphatic rings. The molecule has 10 heavy (non-hydrogen) atoms. The summed E-state index contributed by atoms with van der Waals surface area (Å²) >= 11 is 4.71. The molecule has 0 bridgehead atoms. The molecule has 2 unspecified atom stereocenters. The van der Waals surface area contributed by atoms with Crippen molar-refractivity contribution in [3.05, 3.63) is 0 Å². The molecule has 0 aromatic heterocycles. The van der Waals surface area contributed by atoms with Crippen LogP contribution in [-0.4, -0.2) is 22.3 Å². The molecule has 0 aliphatic heterocycles. The second-order valence-corrected chi connectivity index (χ2v) is 2.64. The van der Waals surface area contributed by atoms with E-state index in [1.165, 1.54) is 0 Å². The summed E-state index contributed by atoms with van der Waals surface area (Å²) < 4.78 is 0. The second-order valence-electron chi connectivity index (χ2n) is 2.23. The van der Waals surface area contributed by atoms with Gasteiger partial charge in [0, 0.05) is 0 Å². The van der Waals surface area contributed by atoms with Crippen LogP contribution in [0.3, 0.4) is 0 Å². The lowest BCUT2D eigenvalue weighted by Gasteiger charge is -2.30. The molecule has 5 heteroatoms. The Bertz CT molecular complexity index is 115. The topological polar surface area (TPSA) is 81.3 Å². The van der Waals surface area contributed by atoms with Crippen LogP contribution in [0.2, 0.25) is 0 Å². The van der Waals surface area contributed by atoms with Gasteiger partial charge in [-0.05, 0) is 26.1 Å². The van der Waals surface area contributed by atoms with Crippen LogP contribution >= 0.6 is 12.2 Å². The Morgan fingerprint density at radius 3 is 1.60 bits per heavy atom. The van der Waals surface area contributed by atoms with Crippen molar-refractivity contribution in [1.29, 1.82) is 0 Å². The Morgan fingerprint density at radius 2 is 1.60 bits per heavy atom. The minimum atomic E-state index is -0.225. The average molecular weight is 162 g/mol. The summed E-state index contributed by atoms with van der Waals surface area (Å²) in [6, 6.07) is 0. The molecule has 6 N–H and O–H groups in total. The minimum absolute atomic E-state index is 0.225. The summed E-state index contributed by atoms with van der Waals surface area (Å²) in [5.41, 5.74) is 16.4. The molecule has 60 valence electrons. The molecule has 0 aliphatic carbocycles. The van der Waals surface area contributed by atoms with Gasteiger partial charge in [-0.15, -0.1) is 0 Å². The summed E-state index contributed by atoms with van der Waals surface area (Å²) in [5.74, 6) is 0. The minimum Gasteiger partial charge on any atom is -0.376 e. The van der Waals surface area contributed by atoms with Crippen molar-refractivity contribution >= 4 is 17.3 Å². The SMILES string of the molecule is CC(N)N(C(N)=S)C(C)N. The van der Waals surface area contributed by atoms with E-state index in [4.69, 9.17) is 29.4 Å². The van der Waals surface area contributed by atoms with Crippen LogP contribution in [0, 0.1) is 0 Å². The van der Waals surface area contributed by atoms with Gasteiger partial charge in [0.25, 0.3) is 0 Å². The zero-order valence-electron chi connectivity index (χ0n) is 6.24. The molecule has 2 atom stereocenters. The molecule has 0 amide bonds. The Labute approximate surface area is 66.3 Å². The standard InChI is InChI=1S/C5H14N4S/c1-3(6)9(4(2)7)5(8)10/h3-4H,6-7H2,1-2H3,(H2,8,10). The molecule has 0 rings (SSSR count). The molecule has 4 nitrogen and oxygen atoms in total. The van der Waals surface area contributed by atoms with Gasteiger partial charge in [-0.3, -0.25) is 0 Å². The largest absolute Gasteiger partial charge is 0.376 e. The maximum Gasteiger partial charge on any atom is 0.168 e. The highest BCUT2D eigenvalue weighted by molar-refractivity contribution is 7.80. The van der Waals surface area contributed by atoms with Gasteiger partial charge in [0.1, 0.15) is 0 Å². The van der Waals surface area contributed by atoms with Crippen molar-refractivity contribution in [2.24, 2.45) is 17.2 Å². The van der Waals surface area contributed by atoms with E-state index in [2.05, 4.69) is 0 Å². The van der Waals surface area contributed by atoms with E-state index in [9.17, 15) is 0 Å². The molecular formula is C5H14N4S. The Balaban J connectivity index is 4.12. The molecule has 0 aromatic rings. The lowest BCUT2D eigenvalue weighted by molar-refractivity contribution is 0.274. The van der Waals surface area contributed by atoms with Gasteiger partial charge in [-0.1, -0.05) is 0 Å². The normalized spacial score (nSPS) is 16.0. The van der Waals surface area contributed by atoms with Crippen molar-refractivity contribution < 1.29 is 0 Å². The lowest BCUT2D eigenvalue weighted by atomic mass is 10.4. The van der Waals surface area contributed by atoms with Crippen molar-refractivity contribution in [3.63, 3.8) is 0 Å². The van der Waals surface area contributed by atoms with Crippen molar-refractivity contribution in [1.82, 2.24) is 4.90 Å². The van der Waals surface area contributed by atoms with Gasteiger partial charge in [0.2, 0.25) is 0 Å². The monoisotopic (exact) mass is 162 g/mol. The third-order valence-corrected chi connectivity index (χ3v) is 1.34. The number of rotatable bonds is 2. The van der Waals surface area contributed by atoms with Crippen LogP contribution in [0.4, 0.5) is 0 Å². The number of thiocarbonyl (C=S) groups is 1. The Kier molecular flexibility index (Phi) is 3.55. The maximum atomic E-state index is 5.52. The average Bonchev–Trinajstić information content (AvgIpc) is 1.59. The number of nitrogens with zero attached hydrogens (tertiary/aromatic N) is 1. The van der Waals surface area contributed by atoms with Crippen molar-refractivity contribution in [2.75, 3.05) is 0 Å². The summed E-state index contributed by atoms with van der Waals surface area (Å²) in [6.45, 7) is 3.56. The Morgan fingerprint density at radius 1 is 1.30 bits per heavy atom. The number of hydrogen-bond donors (Lipinski definition) is 3. The van der Waals surface area contributed by atoms with Gasteiger partial charge < -0.3 is 22.1 Å². The molecule has 0 fully saturated rings. The summed E-state index contributed by atoms with van der Waals surface area (Å²) in [4.78, 5) is 1.56. The zero-order valence-corrected chi connectivity index (χ0v) is 7.06. The third-order valence-electron chi connectivity index (χ3n) is 1.13. The van der Waals surface area contributed by atoms with Crippen LogP contribution in [0.1, 0.15) is 13.8 Å². The Hall–Kier alpha value is -0.390. The fourth-order valence-corrected chi connectivity index (χ4v) is 1.10. The van der Waals surface area contributed by atoms with Crippen LogP contribution in [-0.2, 0) is 0 Å². The van der Waals surface area contributed by atoms with Crippen LogP contribution < -0.4 is 17.2 Å². The highest BCUT2D eigenvalue weighted by atomic mass is 32.1. The van der Waals surface area contributed by atoms with E-state index >= 15 is 0 Å². The molecule has 0 aromatic carbocycles. The maximum absolute atomic E-state index is 5.52. The highest BCUT2D eigenvalue weighted by Gasteiger charge is 2.13. The molecular weight excluding hydrogens is 148 g/mol. The fourth-order valence-electron chi connectivity index (χ4n) is 0.772. The van der Waals surface area contributed by atoms with Gasteiger partial charge in [0.05, 0.1) is 12.3 Å². The van der Waals surface area contributed by atoms with Gasteiger partial charge >= 0.3 is 0 Å². The first-order chi connectivity index (χ1) is 4.46. The lowest BCUT2D eigenvalue weighted by Crippen LogP contribution is -2.54. The molecule has 0 spiro atoms. The second kappa shape index (κ2) is 3.70. The fraction of sp³-hybridized carbons (Fsp3) is 0.800. The van der Waals surface area contributed by atoms with Crippen LogP contribution in [0.25, 0.3) is 0 Å². The summed E-state index contributed by atoms with van der Waals surface area (Å²) in [5, 5.41) is 0.241. The van der Waals surface area contributed by atoms with Gasteiger partial charge in [-0.25, -0.2) is 0 Å². The first-order valence-corrected chi connectivity index (χ1v) is 3.46.